The summed E-state index contributed by atoms with van der Waals surface area (Å²) in [6, 6.07) is 3.89. The first-order chi connectivity index (χ1) is 7.66. The number of nitrogens with zero attached hydrogens (tertiary/aromatic N) is 2. The van der Waals surface area contributed by atoms with Gasteiger partial charge in [0, 0.05) is 24.2 Å². The molecule has 0 aromatic carbocycles. The average Bonchev–Trinajstić information content (AvgIpc) is 2.86. The van der Waals surface area contributed by atoms with Crippen LogP contribution >= 0.6 is 11.3 Å². The molecule has 0 aliphatic carbocycles. The number of hydrogen-bond acceptors (Lipinski definition) is 5. The molecule has 0 saturated heterocycles. The zero-order valence-corrected chi connectivity index (χ0v) is 10.2. The lowest BCUT2D eigenvalue weighted by Gasteiger charge is -2.13. The number of nitrogens with two attached hydrogens (primary N) is 1. The van der Waals surface area contributed by atoms with Gasteiger partial charge in [-0.15, -0.1) is 11.3 Å². The van der Waals surface area contributed by atoms with E-state index in [1.54, 1.807) is 17.6 Å². The first kappa shape index (κ1) is 11.2. The minimum Gasteiger partial charge on any atom is -0.467 e. The van der Waals surface area contributed by atoms with Crippen molar-refractivity contribution in [2.75, 3.05) is 11.9 Å². The van der Waals surface area contributed by atoms with Crippen molar-refractivity contribution in [1.82, 2.24) is 4.98 Å². The monoisotopic (exact) mass is 237 g/mol. The summed E-state index contributed by atoms with van der Waals surface area (Å²) < 4.78 is 5.29. The first-order valence-corrected chi connectivity index (χ1v) is 5.93. The van der Waals surface area contributed by atoms with Crippen LogP contribution in [0.5, 0.6) is 0 Å². The Bertz CT molecular complexity index is 436. The van der Waals surface area contributed by atoms with Crippen LogP contribution in [0.2, 0.25) is 0 Å². The molecule has 86 valence electrons. The lowest BCUT2D eigenvalue weighted by molar-refractivity contribution is 0.507. The predicted octanol–water partition coefficient (Wildman–Crippen LogP) is 2.39. The van der Waals surface area contributed by atoms with Crippen LogP contribution in [0, 0.1) is 0 Å². The Morgan fingerprint density at radius 2 is 2.44 bits per heavy atom. The van der Waals surface area contributed by atoms with E-state index < -0.39 is 0 Å². The Hall–Kier alpha value is -1.33. The minimum absolute atomic E-state index is 0.0447. The van der Waals surface area contributed by atoms with Crippen molar-refractivity contribution in [3.05, 3.63) is 35.2 Å². The summed E-state index contributed by atoms with van der Waals surface area (Å²) in [6.07, 6.45) is 3.52. The van der Waals surface area contributed by atoms with Crippen molar-refractivity contribution < 1.29 is 4.42 Å². The summed E-state index contributed by atoms with van der Waals surface area (Å²) >= 11 is 1.62. The summed E-state index contributed by atoms with van der Waals surface area (Å²) in [5.41, 5.74) is 5.80. The molecule has 0 aliphatic heterocycles. The maximum absolute atomic E-state index is 5.80. The molecule has 0 amide bonds. The van der Waals surface area contributed by atoms with E-state index in [2.05, 4.69) is 9.88 Å². The van der Waals surface area contributed by atoms with E-state index in [1.165, 1.54) is 0 Å². The van der Waals surface area contributed by atoms with Crippen LogP contribution in [-0.4, -0.2) is 12.0 Å². The van der Waals surface area contributed by atoms with Gasteiger partial charge in [0.2, 0.25) is 0 Å². The van der Waals surface area contributed by atoms with Crippen LogP contribution in [0.4, 0.5) is 5.13 Å². The van der Waals surface area contributed by atoms with Crippen LogP contribution in [0.3, 0.4) is 0 Å². The number of aromatic nitrogens is 1. The Balaban J connectivity index is 2.06. The number of thiazole rings is 1. The van der Waals surface area contributed by atoms with Crippen LogP contribution in [0.15, 0.2) is 29.0 Å². The molecule has 2 rings (SSSR count). The van der Waals surface area contributed by atoms with E-state index in [0.717, 1.165) is 22.3 Å². The highest BCUT2D eigenvalue weighted by molar-refractivity contribution is 7.15. The molecule has 0 bridgehead atoms. The Kier molecular flexibility index (Phi) is 3.26. The molecule has 5 heteroatoms. The highest BCUT2D eigenvalue weighted by Gasteiger charge is 2.10. The van der Waals surface area contributed by atoms with Crippen molar-refractivity contribution in [3.8, 4) is 0 Å². The molecular weight excluding hydrogens is 222 g/mol. The smallest absolute Gasteiger partial charge is 0.185 e. The van der Waals surface area contributed by atoms with E-state index in [1.807, 2.05) is 32.3 Å². The average molecular weight is 237 g/mol. The van der Waals surface area contributed by atoms with Gasteiger partial charge in [-0.25, -0.2) is 4.98 Å². The number of furan rings is 1. The van der Waals surface area contributed by atoms with Gasteiger partial charge < -0.3 is 15.1 Å². The van der Waals surface area contributed by atoms with Crippen molar-refractivity contribution in [1.29, 1.82) is 0 Å². The van der Waals surface area contributed by atoms with E-state index in [9.17, 15) is 0 Å². The minimum atomic E-state index is 0.0447. The largest absolute Gasteiger partial charge is 0.467 e. The summed E-state index contributed by atoms with van der Waals surface area (Å²) in [5.74, 6) is 0.931. The van der Waals surface area contributed by atoms with Gasteiger partial charge >= 0.3 is 0 Å². The molecule has 16 heavy (non-hydrogen) atoms. The van der Waals surface area contributed by atoms with Gasteiger partial charge in [0.15, 0.2) is 5.13 Å². The Morgan fingerprint density at radius 3 is 3.00 bits per heavy atom. The fraction of sp³-hybridized carbons (Fsp3) is 0.364. The molecule has 2 heterocycles. The second kappa shape index (κ2) is 4.67. The maximum Gasteiger partial charge on any atom is 0.185 e. The van der Waals surface area contributed by atoms with Gasteiger partial charge in [-0.3, -0.25) is 0 Å². The Labute approximate surface area is 98.7 Å². The van der Waals surface area contributed by atoms with E-state index in [-0.39, 0.29) is 6.04 Å². The lowest BCUT2D eigenvalue weighted by Crippen LogP contribution is -2.15. The normalized spacial score (nSPS) is 12.7. The van der Waals surface area contributed by atoms with Crippen molar-refractivity contribution in [3.63, 3.8) is 0 Å². The third kappa shape index (κ3) is 2.43. The predicted molar refractivity (Wildman–Crippen MR) is 65.5 cm³/mol. The lowest BCUT2D eigenvalue weighted by atomic mass is 10.3. The van der Waals surface area contributed by atoms with Crippen LogP contribution in [-0.2, 0) is 6.54 Å². The molecule has 0 fully saturated rings. The molecular formula is C11H15N3OS. The standard InChI is InChI=1S/C11H15N3OS/c1-8(12)10-6-13-11(16-10)14(2)7-9-4-3-5-15-9/h3-6,8H,7,12H2,1-2H3. The third-order valence-electron chi connectivity index (χ3n) is 2.26. The van der Waals surface area contributed by atoms with Gasteiger partial charge in [-0.1, -0.05) is 0 Å². The molecule has 2 aromatic rings. The Morgan fingerprint density at radius 1 is 1.62 bits per heavy atom. The highest BCUT2D eigenvalue weighted by atomic mass is 32.1. The molecule has 1 atom stereocenters. The summed E-state index contributed by atoms with van der Waals surface area (Å²) in [4.78, 5) is 7.49. The van der Waals surface area contributed by atoms with E-state index in [0.29, 0.717) is 0 Å². The fourth-order valence-corrected chi connectivity index (χ4v) is 2.20. The summed E-state index contributed by atoms with van der Waals surface area (Å²) in [6.45, 7) is 2.68. The van der Waals surface area contributed by atoms with Gasteiger partial charge in [-0.05, 0) is 19.1 Å². The topological polar surface area (TPSA) is 55.3 Å². The zero-order chi connectivity index (χ0) is 11.5. The second-order valence-electron chi connectivity index (χ2n) is 3.77. The number of rotatable bonds is 4. The highest BCUT2D eigenvalue weighted by Crippen LogP contribution is 2.26. The molecule has 1 unspecified atom stereocenters. The maximum atomic E-state index is 5.80. The molecule has 0 saturated carbocycles. The molecule has 0 radical (unpaired) electrons. The molecule has 4 nitrogen and oxygen atoms in total. The molecule has 0 aliphatic rings. The van der Waals surface area contributed by atoms with Crippen molar-refractivity contribution in [2.24, 2.45) is 5.73 Å². The molecule has 2 aromatic heterocycles. The fourth-order valence-electron chi connectivity index (χ4n) is 1.37. The second-order valence-corrected chi connectivity index (χ2v) is 4.81. The van der Waals surface area contributed by atoms with E-state index >= 15 is 0 Å². The van der Waals surface area contributed by atoms with Crippen LogP contribution in [0.25, 0.3) is 0 Å². The van der Waals surface area contributed by atoms with Gasteiger partial charge in [0.1, 0.15) is 5.76 Å². The van der Waals surface area contributed by atoms with Gasteiger partial charge in [-0.2, -0.15) is 0 Å². The van der Waals surface area contributed by atoms with Crippen LogP contribution in [0.1, 0.15) is 23.6 Å². The quantitative estimate of drug-likeness (QED) is 0.887. The van der Waals surface area contributed by atoms with Crippen molar-refractivity contribution >= 4 is 16.5 Å². The SMILES string of the molecule is CC(N)c1cnc(N(C)Cc2ccco2)s1. The van der Waals surface area contributed by atoms with Crippen LogP contribution < -0.4 is 10.6 Å². The number of anilines is 1. The van der Waals surface area contributed by atoms with Gasteiger partial charge in [0.25, 0.3) is 0 Å². The first-order valence-electron chi connectivity index (χ1n) is 5.11. The molecule has 0 spiro atoms. The van der Waals surface area contributed by atoms with Gasteiger partial charge in [0.05, 0.1) is 12.8 Å². The number of hydrogen-bond donors (Lipinski definition) is 1. The summed E-state index contributed by atoms with van der Waals surface area (Å²) in [7, 11) is 1.99. The van der Waals surface area contributed by atoms with Crippen molar-refractivity contribution in [2.45, 2.75) is 19.5 Å². The molecule has 2 N–H and O–H groups in total. The zero-order valence-electron chi connectivity index (χ0n) is 9.38. The van der Waals surface area contributed by atoms with E-state index in [4.69, 9.17) is 10.2 Å². The summed E-state index contributed by atoms with van der Waals surface area (Å²) in [5, 5.41) is 0.962. The third-order valence-corrected chi connectivity index (χ3v) is 3.57.